The molecule has 1 unspecified atom stereocenters. The van der Waals surface area contributed by atoms with Crippen LogP contribution >= 0.6 is 0 Å². The van der Waals surface area contributed by atoms with E-state index in [2.05, 4.69) is 15.4 Å². The zero-order chi connectivity index (χ0) is 16.5. The number of carbonyl (C=O) groups is 2. The fourth-order valence-electron chi connectivity index (χ4n) is 2.05. The molecule has 1 aliphatic rings. The molecule has 1 atom stereocenters. The first-order chi connectivity index (χ1) is 10.3. The van der Waals surface area contributed by atoms with Gasteiger partial charge < -0.3 is 15.5 Å². The van der Waals surface area contributed by atoms with Gasteiger partial charge in [-0.2, -0.15) is 5.10 Å². The molecule has 3 N–H and O–H groups in total. The minimum Gasteiger partial charge on any atom is -0.505 e. The molecule has 0 aromatic carbocycles. The number of rotatable bonds is 4. The Labute approximate surface area is 127 Å². The number of nitrogens with one attached hydrogen (secondary N) is 1. The first-order valence-corrected chi connectivity index (χ1v) is 6.83. The molecule has 1 fully saturated rings. The number of amides is 3. The highest BCUT2D eigenvalue weighted by Crippen LogP contribution is 2.24. The Morgan fingerprint density at radius 2 is 2.18 bits per heavy atom. The van der Waals surface area contributed by atoms with Crippen LogP contribution in [-0.4, -0.2) is 43.9 Å². The van der Waals surface area contributed by atoms with Gasteiger partial charge in [0.2, 0.25) is 0 Å². The van der Waals surface area contributed by atoms with Crippen molar-refractivity contribution >= 4 is 18.2 Å². The summed E-state index contributed by atoms with van der Waals surface area (Å²) >= 11 is 0. The Hall–Kier alpha value is -2.48. The molecule has 2 heterocycles. The normalized spacial score (nSPS) is 21.7. The number of aliphatic hydroxyl groups is 1. The molecular formula is C14H18N4O4. The number of urea groups is 1. The molecule has 8 heteroatoms. The first-order valence-electron chi connectivity index (χ1n) is 6.83. The lowest BCUT2D eigenvalue weighted by atomic mass is 10.00. The van der Waals surface area contributed by atoms with Crippen molar-refractivity contribution in [3.05, 3.63) is 23.0 Å². The molecule has 0 bridgehead atoms. The minimum atomic E-state index is -0.982. The predicted molar refractivity (Wildman–Crippen MR) is 78.2 cm³/mol. The maximum absolute atomic E-state index is 12.2. The van der Waals surface area contributed by atoms with E-state index >= 15 is 0 Å². The number of pyridine rings is 1. The predicted octanol–water partition coefficient (Wildman–Crippen LogP) is 0.642. The molecular weight excluding hydrogens is 288 g/mol. The van der Waals surface area contributed by atoms with Crippen molar-refractivity contribution in [1.82, 2.24) is 15.3 Å². The number of hydrogen-bond acceptors (Lipinski definition) is 6. The van der Waals surface area contributed by atoms with Crippen molar-refractivity contribution in [3.8, 4) is 5.75 Å². The molecule has 0 saturated carbocycles. The van der Waals surface area contributed by atoms with Gasteiger partial charge in [0.15, 0.2) is 0 Å². The van der Waals surface area contributed by atoms with Crippen LogP contribution in [0.4, 0.5) is 4.79 Å². The summed E-state index contributed by atoms with van der Waals surface area (Å²) in [6, 6.07) is -0.624. The van der Waals surface area contributed by atoms with Crippen molar-refractivity contribution in [1.29, 1.82) is 0 Å². The van der Waals surface area contributed by atoms with Gasteiger partial charge in [0.1, 0.15) is 11.3 Å². The molecule has 118 valence electrons. The average Bonchev–Trinajstić information content (AvgIpc) is 2.71. The van der Waals surface area contributed by atoms with Gasteiger partial charge in [0.25, 0.3) is 5.91 Å². The molecule has 0 aliphatic carbocycles. The van der Waals surface area contributed by atoms with Crippen LogP contribution in [0.3, 0.4) is 0 Å². The number of hydrazone groups is 1. The monoisotopic (exact) mass is 306 g/mol. The highest BCUT2D eigenvalue weighted by atomic mass is 16.3. The van der Waals surface area contributed by atoms with E-state index in [-0.39, 0.29) is 17.9 Å². The van der Waals surface area contributed by atoms with Crippen LogP contribution < -0.4 is 5.32 Å². The Morgan fingerprint density at radius 1 is 1.50 bits per heavy atom. The summed E-state index contributed by atoms with van der Waals surface area (Å²) in [5.41, 5.74) is -0.0585. The highest BCUT2D eigenvalue weighted by molar-refractivity contribution is 6.07. The fourth-order valence-corrected chi connectivity index (χ4v) is 2.05. The van der Waals surface area contributed by atoms with E-state index in [4.69, 9.17) is 0 Å². The van der Waals surface area contributed by atoms with Crippen LogP contribution in [0.2, 0.25) is 0 Å². The summed E-state index contributed by atoms with van der Waals surface area (Å²) in [5.74, 6) is -0.618. The highest BCUT2D eigenvalue weighted by Gasteiger charge is 2.46. The number of aryl methyl sites for hydroxylation is 1. The van der Waals surface area contributed by atoms with Gasteiger partial charge in [-0.05, 0) is 20.3 Å². The Balaban J connectivity index is 2.36. The largest absolute Gasteiger partial charge is 0.505 e. The lowest BCUT2D eigenvalue weighted by Gasteiger charge is -2.17. The number of hydrogen-bond donors (Lipinski definition) is 3. The fraction of sp³-hybridized carbons (Fsp3) is 0.429. The third-order valence-corrected chi connectivity index (χ3v) is 3.78. The van der Waals surface area contributed by atoms with E-state index < -0.39 is 17.5 Å². The van der Waals surface area contributed by atoms with Crippen molar-refractivity contribution in [2.24, 2.45) is 5.10 Å². The van der Waals surface area contributed by atoms with E-state index in [0.29, 0.717) is 17.7 Å². The van der Waals surface area contributed by atoms with E-state index in [9.17, 15) is 19.8 Å². The molecule has 3 amide bonds. The number of aromatic nitrogens is 1. The molecule has 0 radical (unpaired) electrons. The Kier molecular flexibility index (Phi) is 4.14. The van der Waals surface area contributed by atoms with Gasteiger partial charge in [-0.3, -0.25) is 9.78 Å². The Bertz CT molecular complexity index is 658. The summed E-state index contributed by atoms with van der Waals surface area (Å²) < 4.78 is 0. The van der Waals surface area contributed by atoms with Crippen LogP contribution in [-0.2, 0) is 11.4 Å². The van der Waals surface area contributed by atoms with Crippen molar-refractivity contribution < 1.29 is 19.8 Å². The molecule has 1 saturated heterocycles. The summed E-state index contributed by atoms with van der Waals surface area (Å²) in [4.78, 5) is 28.0. The first kappa shape index (κ1) is 15.9. The van der Waals surface area contributed by atoms with Gasteiger partial charge in [-0.25, -0.2) is 4.79 Å². The average molecular weight is 306 g/mol. The van der Waals surface area contributed by atoms with Crippen LogP contribution in [0.15, 0.2) is 11.3 Å². The summed E-state index contributed by atoms with van der Waals surface area (Å²) in [5, 5.41) is 26.4. The lowest BCUT2D eigenvalue weighted by molar-refractivity contribution is -0.130. The van der Waals surface area contributed by atoms with Crippen LogP contribution in [0.25, 0.3) is 0 Å². The standard InChI is InChI=1S/C14H18N4O4/c1-4-14(3)12(21)18(13(22)17-14)16-6-10-9(7-19)5-15-8(2)11(10)20/h5-6,19-20H,4,7H2,1-3H3,(H,17,22)/b16-6+. The molecule has 2 rings (SSSR count). The topological polar surface area (TPSA) is 115 Å². The van der Waals surface area contributed by atoms with E-state index in [1.54, 1.807) is 20.8 Å². The molecule has 0 spiro atoms. The second kappa shape index (κ2) is 5.72. The van der Waals surface area contributed by atoms with Gasteiger partial charge in [0.05, 0.1) is 18.5 Å². The third-order valence-electron chi connectivity index (χ3n) is 3.78. The van der Waals surface area contributed by atoms with Crippen molar-refractivity contribution in [2.45, 2.75) is 39.3 Å². The van der Waals surface area contributed by atoms with Gasteiger partial charge in [0, 0.05) is 17.3 Å². The Morgan fingerprint density at radius 3 is 2.73 bits per heavy atom. The molecule has 8 nitrogen and oxygen atoms in total. The van der Waals surface area contributed by atoms with Crippen LogP contribution in [0.1, 0.15) is 37.1 Å². The summed E-state index contributed by atoms with van der Waals surface area (Å²) in [6.07, 6.45) is 3.01. The summed E-state index contributed by atoms with van der Waals surface area (Å²) in [7, 11) is 0. The van der Waals surface area contributed by atoms with Crippen LogP contribution in [0.5, 0.6) is 5.75 Å². The maximum Gasteiger partial charge on any atom is 0.346 e. The number of aromatic hydroxyl groups is 1. The number of carbonyl (C=O) groups excluding carboxylic acids is 2. The number of imide groups is 1. The van der Waals surface area contributed by atoms with Gasteiger partial charge >= 0.3 is 6.03 Å². The number of nitrogens with zero attached hydrogens (tertiary/aromatic N) is 3. The van der Waals surface area contributed by atoms with Crippen molar-refractivity contribution in [3.63, 3.8) is 0 Å². The van der Waals surface area contributed by atoms with Gasteiger partial charge in [-0.15, -0.1) is 5.01 Å². The number of aliphatic hydroxyl groups excluding tert-OH is 1. The zero-order valence-corrected chi connectivity index (χ0v) is 12.6. The van der Waals surface area contributed by atoms with E-state index in [1.165, 1.54) is 12.4 Å². The molecule has 22 heavy (non-hydrogen) atoms. The van der Waals surface area contributed by atoms with Crippen molar-refractivity contribution in [2.75, 3.05) is 0 Å². The quantitative estimate of drug-likeness (QED) is 0.558. The SMILES string of the molecule is CCC1(C)NC(=O)N(/N=C/c2c(CO)cnc(C)c2O)C1=O. The summed E-state index contributed by atoms with van der Waals surface area (Å²) in [6.45, 7) is 4.65. The van der Waals surface area contributed by atoms with E-state index in [1.807, 2.05) is 0 Å². The lowest BCUT2D eigenvalue weighted by Crippen LogP contribution is -2.42. The second-order valence-corrected chi connectivity index (χ2v) is 5.27. The molecule has 1 aromatic rings. The third kappa shape index (κ3) is 2.52. The van der Waals surface area contributed by atoms with E-state index in [0.717, 1.165) is 5.01 Å². The zero-order valence-electron chi connectivity index (χ0n) is 12.6. The second-order valence-electron chi connectivity index (χ2n) is 5.27. The van der Waals surface area contributed by atoms with Crippen LogP contribution in [0, 0.1) is 6.92 Å². The minimum absolute atomic E-state index is 0.152. The molecule has 1 aromatic heterocycles. The van der Waals surface area contributed by atoms with Gasteiger partial charge in [-0.1, -0.05) is 6.92 Å². The molecule has 1 aliphatic heterocycles. The smallest absolute Gasteiger partial charge is 0.346 e. The maximum atomic E-state index is 12.2.